The molecule has 2 aromatic rings. The van der Waals surface area contributed by atoms with Gasteiger partial charge in [-0.1, -0.05) is 18.2 Å². The number of carbonyl (C=O) groups excluding carboxylic acids is 1. The van der Waals surface area contributed by atoms with Crippen molar-refractivity contribution in [2.45, 2.75) is 6.54 Å². The third-order valence-electron chi connectivity index (χ3n) is 2.73. The Morgan fingerprint density at radius 2 is 2.21 bits per heavy atom. The van der Waals surface area contributed by atoms with Crippen molar-refractivity contribution in [3.63, 3.8) is 0 Å². The monoisotopic (exact) mass is 256 g/mol. The summed E-state index contributed by atoms with van der Waals surface area (Å²) in [5.74, 6) is 0.737. The molecule has 0 aliphatic carbocycles. The number of ketones is 1. The highest BCUT2D eigenvalue weighted by atomic mass is 16.5. The lowest BCUT2D eigenvalue weighted by molar-refractivity contribution is 0.0990. The normalized spacial score (nSPS) is 10.2. The molecule has 0 bridgehead atoms. The molecule has 0 saturated heterocycles. The number of rotatable bonds is 6. The minimum absolute atomic E-state index is 0.0443. The first-order valence-corrected chi connectivity index (χ1v) is 6.06. The van der Waals surface area contributed by atoms with Gasteiger partial charge >= 0.3 is 0 Å². The molecule has 0 radical (unpaired) electrons. The van der Waals surface area contributed by atoms with E-state index >= 15 is 0 Å². The number of pyridine rings is 1. The number of aromatic nitrogens is 1. The second-order valence-corrected chi connectivity index (χ2v) is 4.12. The van der Waals surface area contributed by atoms with Crippen molar-refractivity contribution in [1.29, 1.82) is 0 Å². The third-order valence-corrected chi connectivity index (χ3v) is 2.73. The predicted octanol–water partition coefficient (Wildman–Crippen LogP) is 2.06. The van der Waals surface area contributed by atoms with Gasteiger partial charge in [0.2, 0.25) is 0 Å². The Labute approximate surface area is 112 Å². The Bertz CT molecular complexity index is 541. The topological polar surface area (TPSA) is 51.2 Å². The van der Waals surface area contributed by atoms with Gasteiger partial charge in [-0.25, -0.2) is 0 Å². The SMILES string of the molecule is COc1cccc(C(=O)CNCc2cccnc2)c1. The van der Waals surface area contributed by atoms with Gasteiger partial charge in [-0.3, -0.25) is 9.78 Å². The van der Waals surface area contributed by atoms with Crippen LogP contribution in [0.4, 0.5) is 0 Å². The first-order chi connectivity index (χ1) is 9.29. The molecule has 1 heterocycles. The van der Waals surface area contributed by atoms with Gasteiger partial charge < -0.3 is 10.1 Å². The summed E-state index contributed by atoms with van der Waals surface area (Å²) in [6.07, 6.45) is 3.51. The van der Waals surface area contributed by atoms with Gasteiger partial charge in [0.05, 0.1) is 13.7 Å². The maximum absolute atomic E-state index is 12.0. The van der Waals surface area contributed by atoms with Crippen molar-refractivity contribution in [3.8, 4) is 5.75 Å². The Balaban J connectivity index is 1.87. The van der Waals surface area contributed by atoms with Gasteiger partial charge in [0.25, 0.3) is 0 Å². The number of hydrogen-bond acceptors (Lipinski definition) is 4. The molecule has 2 rings (SSSR count). The van der Waals surface area contributed by atoms with Crippen LogP contribution in [0.15, 0.2) is 48.8 Å². The summed E-state index contributed by atoms with van der Waals surface area (Å²) < 4.78 is 5.10. The fraction of sp³-hybridized carbons (Fsp3) is 0.200. The molecule has 0 saturated carbocycles. The van der Waals surface area contributed by atoms with Crippen molar-refractivity contribution in [2.75, 3.05) is 13.7 Å². The molecular formula is C15H16N2O2. The molecule has 98 valence electrons. The molecule has 19 heavy (non-hydrogen) atoms. The Morgan fingerprint density at radius 3 is 2.95 bits per heavy atom. The smallest absolute Gasteiger partial charge is 0.176 e. The largest absolute Gasteiger partial charge is 0.497 e. The van der Waals surface area contributed by atoms with E-state index in [1.807, 2.05) is 24.3 Å². The summed E-state index contributed by atoms with van der Waals surface area (Å²) in [6.45, 7) is 0.922. The maximum atomic E-state index is 12.0. The number of ether oxygens (including phenoxy) is 1. The number of benzene rings is 1. The number of hydrogen-bond donors (Lipinski definition) is 1. The van der Waals surface area contributed by atoms with Crippen LogP contribution < -0.4 is 10.1 Å². The van der Waals surface area contributed by atoms with Gasteiger partial charge in [0, 0.05) is 24.5 Å². The molecule has 0 spiro atoms. The zero-order valence-electron chi connectivity index (χ0n) is 10.8. The average molecular weight is 256 g/mol. The molecule has 1 aromatic heterocycles. The third kappa shape index (κ3) is 3.89. The predicted molar refractivity (Wildman–Crippen MR) is 73.3 cm³/mol. The van der Waals surface area contributed by atoms with E-state index in [2.05, 4.69) is 10.3 Å². The summed E-state index contributed by atoms with van der Waals surface area (Å²) in [5, 5.41) is 3.11. The van der Waals surface area contributed by atoms with Crippen molar-refractivity contribution in [1.82, 2.24) is 10.3 Å². The van der Waals surface area contributed by atoms with Crippen LogP contribution in [-0.2, 0) is 6.54 Å². The van der Waals surface area contributed by atoms with Gasteiger partial charge in [-0.15, -0.1) is 0 Å². The number of Topliss-reactive ketones (excluding diaryl/α,β-unsaturated/α-hetero) is 1. The van der Waals surface area contributed by atoms with Crippen molar-refractivity contribution < 1.29 is 9.53 Å². The van der Waals surface area contributed by atoms with Crippen molar-refractivity contribution in [3.05, 3.63) is 59.9 Å². The highest BCUT2D eigenvalue weighted by molar-refractivity contribution is 5.97. The molecule has 0 aliphatic heterocycles. The first-order valence-electron chi connectivity index (χ1n) is 6.06. The van der Waals surface area contributed by atoms with Crippen LogP contribution in [0.2, 0.25) is 0 Å². The van der Waals surface area contributed by atoms with Gasteiger partial charge in [0.1, 0.15) is 5.75 Å². The van der Waals surface area contributed by atoms with Crippen LogP contribution in [0.3, 0.4) is 0 Å². The Morgan fingerprint density at radius 1 is 1.32 bits per heavy atom. The fourth-order valence-corrected chi connectivity index (χ4v) is 1.72. The maximum Gasteiger partial charge on any atom is 0.176 e. The van der Waals surface area contributed by atoms with Crippen molar-refractivity contribution >= 4 is 5.78 Å². The minimum Gasteiger partial charge on any atom is -0.497 e. The van der Waals surface area contributed by atoms with E-state index in [0.29, 0.717) is 24.4 Å². The van der Waals surface area contributed by atoms with Crippen LogP contribution in [-0.4, -0.2) is 24.4 Å². The molecular weight excluding hydrogens is 240 g/mol. The molecule has 4 nitrogen and oxygen atoms in total. The Kier molecular flexibility index (Phi) is 4.64. The lowest BCUT2D eigenvalue weighted by Gasteiger charge is -2.05. The van der Waals surface area contributed by atoms with E-state index in [1.165, 1.54) is 0 Å². The molecule has 0 amide bonds. The fourth-order valence-electron chi connectivity index (χ4n) is 1.72. The summed E-state index contributed by atoms with van der Waals surface area (Å²) >= 11 is 0. The Hall–Kier alpha value is -2.20. The lowest BCUT2D eigenvalue weighted by Crippen LogP contribution is -2.22. The number of methoxy groups -OCH3 is 1. The van der Waals surface area contributed by atoms with Crippen LogP contribution in [0, 0.1) is 0 Å². The summed E-state index contributed by atoms with van der Waals surface area (Å²) in [5.41, 5.74) is 1.71. The first kappa shape index (κ1) is 13.2. The summed E-state index contributed by atoms with van der Waals surface area (Å²) in [4.78, 5) is 16.0. The zero-order valence-corrected chi connectivity index (χ0v) is 10.8. The molecule has 4 heteroatoms. The van der Waals surface area contributed by atoms with E-state index in [1.54, 1.807) is 31.6 Å². The van der Waals surface area contributed by atoms with Gasteiger partial charge in [-0.05, 0) is 23.8 Å². The number of nitrogens with one attached hydrogen (secondary N) is 1. The van der Waals surface area contributed by atoms with Gasteiger partial charge in [0.15, 0.2) is 5.78 Å². The summed E-state index contributed by atoms with van der Waals surface area (Å²) in [7, 11) is 1.59. The zero-order chi connectivity index (χ0) is 13.5. The summed E-state index contributed by atoms with van der Waals surface area (Å²) in [6, 6.07) is 11.0. The van der Waals surface area contributed by atoms with Crippen LogP contribution in [0.5, 0.6) is 5.75 Å². The minimum atomic E-state index is 0.0443. The van der Waals surface area contributed by atoms with Crippen LogP contribution in [0.25, 0.3) is 0 Å². The molecule has 0 unspecified atom stereocenters. The van der Waals surface area contributed by atoms with E-state index < -0.39 is 0 Å². The van der Waals surface area contributed by atoms with Crippen LogP contribution in [0.1, 0.15) is 15.9 Å². The molecule has 0 fully saturated rings. The van der Waals surface area contributed by atoms with E-state index in [4.69, 9.17) is 4.74 Å². The lowest BCUT2D eigenvalue weighted by atomic mass is 10.1. The number of carbonyl (C=O) groups is 1. The average Bonchev–Trinajstić information content (AvgIpc) is 2.48. The second-order valence-electron chi connectivity index (χ2n) is 4.12. The quantitative estimate of drug-likeness (QED) is 0.804. The van der Waals surface area contributed by atoms with Crippen molar-refractivity contribution in [2.24, 2.45) is 0 Å². The second kappa shape index (κ2) is 6.66. The van der Waals surface area contributed by atoms with Crippen LogP contribution >= 0.6 is 0 Å². The highest BCUT2D eigenvalue weighted by Gasteiger charge is 2.06. The molecule has 1 N–H and O–H groups in total. The van der Waals surface area contributed by atoms with E-state index in [9.17, 15) is 4.79 Å². The molecule has 0 aliphatic rings. The van der Waals surface area contributed by atoms with E-state index in [-0.39, 0.29) is 5.78 Å². The van der Waals surface area contributed by atoms with E-state index in [0.717, 1.165) is 5.56 Å². The highest BCUT2D eigenvalue weighted by Crippen LogP contribution is 2.12. The van der Waals surface area contributed by atoms with Gasteiger partial charge in [-0.2, -0.15) is 0 Å². The molecule has 0 atom stereocenters. The standard InChI is InChI=1S/C15H16N2O2/c1-19-14-6-2-5-13(8-14)15(18)11-17-10-12-4-3-7-16-9-12/h2-9,17H,10-11H2,1H3. The molecule has 1 aromatic carbocycles. The number of nitrogens with zero attached hydrogens (tertiary/aromatic N) is 1.